The number of anilines is 2. The third-order valence-corrected chi connectivity index (χ3v) is 9.72. The predicted molar refractivity (Wildman–Crippen MR) is 189 cm³/mol. The summed E-state index contributed by atoms with van der Waals surface area (Å²) >= 11 is 0. The molecule has 3 aromatic heterocycles. The fourth-order valence-electron chi connectivity index (χ4n) is 7.02. The van der Waals surface area contributed by atoms with Crippen molar-refractivity contribution < 1.29 is 13.2 Å². The van der Waals surface area contributed by atoms with E-state index in [1.54, 1.807) is 49.3 Å². The first-order valence-electron chi connectivity index (χ1n) is 16.9. The number of nitrogens with zero attached hydrogens (tertiary/aromatic N) is 7. The molecule has 1 saturated carbocycles. The molecule has 2 atom stereocenters. The summed E-state index contributed by atoms with van der Waals surface area (Å²) in [5, 5.41) is 15.9. The van der Waals surface area contributed by atoms with Crippen LogP contribution in [0.2, 0.25) is 0 Å². The van der Waals surface area contributed by atoms with E-state index in [1.165, 1.54) is 18.3 Å². The number of benzene rings is 2. The number of hydrogen-bond acceptors (Lipinski definition) is 7. The second-order valence-corrected chi connectivity index (χ2v) is 13.0. The van der Waals surface area contributed by atoms with Crippen LogP contribution in [-0.2, 0) is 6.54 Å². The second kappa shape index (κ2) is 13.0. The van der Waals surface area contributed by atoms with Crippen LogP contribution in [0.5, 0.6) is 0 Å². The molecule has 5 aromatic rings. The fraction of sp³-hybridized carbons (Fsp3) is 0.237. The Kier molecular flexibility index (Phi) is 8.25. The molecule has 0 radical (unpaired) electrons. The summed E-state index contributed by atoms with van der Waals surface area (Å²) in [5.41, 5.74) is 3.09. The molecule has 2 N–H and O–H groups in total. The molecule has 51 heavy (non-hydrogen) atoms. The van der Waals surface area contributed by atoms with Gasteiger partial charge in [-0.25, -0.2) is 27.8 Å². The average Bonchev–Trinajstić information content (AvgIpc) is 3.80. The quantitative estimate of drug-likeness (QED) is 0.170. The Labute approximate surface area is 290 Å². The fourth-order valence-corrected chi connectivity index (χ4v) is 7.02. The van der Waals surface area contributed by atoms with Crippen LogP contribution < -0.4 is 16.2 Å². The van der Waals surface area contributed by atoms with E-state index in [4.69, 9.17) is 0 Å². The highest BCUT2D eigenvalue weighted by atomic mass is 19.1. The van der Waals surface area contributed by atoms with Crippen molar-refractivity contribution in [1.29, 1.82) is 0 Å². The first-order valence-corrected chi connectivity index (χ1v) is 16.9. The van der Waals surface area contributed by atoms with Gasteiger partial charge in [-0.3, -0.25) is 4.79 Å². The molecule has 10 nitrogen and oxygen atoms in total. The molecule has 8 rings (SSSR count). The standard InChI is InChI=1S/C38H34F3N9O/c1-22-14-17-42-36(32(22)40)46-28-6-3-4-7-29(28)48-21-26-34(47-50(38(26)51)37-33(41)23(2)15-18-43-37)31-30(48)13-12-27(39)35(31)44-20-24-8-10-25(11-9-24)49-19-5-16-45-49/h5,8-19,21,28-29,44H,3-4,6-7,20H2,1-2H3,(H,42,46)/t28-,29-/m0/s1. The second-order valence-electron chi connectivity index (χ2n) is 13.0. The summed E-state index contributed by atoms with van der Waals surface area (Å²) in [6.07, 6.45) is 11.5. The van der Waals surface area contributed by atoms with Gasteiger partial charge >= 0.3 is 0 Å². The van der Waals surface area contributed by atoms with E-state index in [-0.39, 0.29) is 47.2 Å². The number of hydrogen-bond donors (Lipinski definition) is 2. The molecule has 1 fully saturated rings. The molecule has 258 valence electrons. The molecule has 2 aromatic carbocycles. The van der Waals surface area contributed by atoms with Crippen LogP contribution in [0.15, 0.2) is 90.4 Å². The number of rotatable bonds is 8. The Morgan fingerprint density at radius 2 is 1.65 bits per heavy atom. The van der Waals surface area contributed by atoms with Crippen LogP contribution in [0, 0.1) is 31.3 Å². The largest absolute Gasteiger partial charge is 0.378 e. The minimum atomic E-state index is -0.674. The topological polar surface area (TPSA) is 107 Å². The van der Waals surface area contributed by atoms with Crippen LogP contribution in [-0.4, -0.2) is 40.1 Å². The predicted octanol–water partition coefficient (Wildman–Crippen LogP) is 7.51. The molecular weight excluding hydrogens is 655 g/mol. The number of pyridine rings is 3. The number of nitrogens with one attached hydrogen (secondary N) is 2. The minimum Gasteiger partial charge on any atom is -0.378 e. The Hall–Kier alpha value is -5.98. The van der Waals surface area contributed by atoms with Crippen molar-refractivity contribution in [1.82, 2.24) is 34.1 Å². The molecule has 0 unspecified atom stereocenters. The lowest BCUT2D eigenvalue weighted by Crippen LogP contribution is -2.35. The number of halogens is 3. The first-order chi connectivity index (χ1) is 24.8. The molecule has 0 saturated heterocycles. The van der Waals surface area contributed by atoms with Crippen molar-refractivity contribution in [3.05, 3.63) is 130 Å². The highest BCUT2D eigenvalue weighted by molar-refractivity contribution is 6.03. The average molecular weight is 690 g/mol. The van der Waals surface area contributed by atoms with Gasteiger partial charge in [-0.05, 0) is 85.8 Å². The maximum Gasteiger partial charge on any atom is 0.284 e. The van der Waals surface area contributed by atoms with Crippen LogP contribution >= 0.6 is 0 Å². The third-order valence-electron chi connectivity index (χ3n) is 9.72. The van der Waals surface area contributed by atoms with Gasteiger partial charge in [0.1, 0.15) is 11.5 Å². The normalized spacial score (nSPS) is 16.2. The van der Waals surface area contributed by atoms with Crippen LogP contribution in [0.3, 0.4) is 0 Å². The summed E-state index contributed by atoms with van der Waals surface area (Å²) in [6, 6.07) is 15.2. The van der Waals surface area contributed by atoms with E-state index in [1.807, 2.05) is 41.1 Å². The van der Waals surface area contributed by atoms with Gasteiger partial charge in [-0.15, -0.1) is 0 Å². The molecule has 2 aliphatic heterocycles. The van der Waals surface area contributed by atoms with Crippen LogP contribution in [0.1, 0.15) is 48.4 Å². The van der Waals surface area contributed by atoms with Gasteiger partial charge in [0.2, 0.25) is 0 Å². The molecule has 0 spiro atoms. The summed E-state index contributed by atoms with van der Waals surface area (Å²) in [6.45, 7) is 3.53. The highest BCUT2D eigenvalue weighted by Crippen LogP contribution is 2.40. The van der Waals surface area contributed by atoms with E-state index >= 15 is 13.2 Å². The van der Waals surface area contributed by atoms with E-state index < -0.39 is 23.0 Å². The van der Waals surface area contributed by atoms with E-state index in [0.29, 0.717) is 28.5 Å². The summed E-state index contributed by atoms with van der Waals surface area (Å²) in [5.74, 6) is -1.72. The molecule has 13 heteroatoms. The van der Waals surface area contributed by atoms with Gasteiger partial charge in [0.15, 0.2) is 23.3 Å². The maximum absolute atomic E-state index is 16.0. The van der Waals surface area contributed by atoms with Crippen molar-refractivity contribution in [3.63, 3.8) is 0 Å². The Morgan fingerprint density at radius 1 is 0.882 bits per heavy atom. The lowest BCUT2D eigenvalue weighted by atomic mass is 9.89. The van der Waals surface area contributed by atoms with Crippen molar-refractivity contribution in [2.24, 2.45) is 0 Å². The third kappa shape index (κ3) is 5.77. The molecule has 1 aliphatic carbocycles. The lowest BCUT2D eigenvalue weighted by Gasteiger charge is -2.36. The minimum absolute atomic E-state index is 0.150. The summed E-state index contributed by atoms with van der Waals surface area (Å²) in [4.78, 5) is 22.5. The van der Waals surface area contributed by atoms with Gasteiger partial charge in [-0.2, -0.15) is 14.9 Å². The zero-order valence-electron chi connectivity index (χ0n) is 27.9. The highest BCUT2D eigenvalue weighted by Gasteiger charge is 2.32. The van der Waals surface area contributed by atoms with Crippen molar-refractivity contribution in [2.45, 2.75) is 58.2 Å². The molecule has 0 bridgehead atoms. The summed E-state index contributed by atoms with van der Waals surface area (Å²) < 4.78 is 51.2. The van der Waals surface area contributed by atoms with Crippen molar-refractivity contribution in [3.8, 4) is 22.8 Å². The zero-order valence-corrected chi connectivity index (χ0v) is 27.9. The Bertz CT molecular complexity index is 2400. The van der Waals surface area contributed by atoms with E-state index in [0.717, 1.165) is 35.2 Å². The van der Waals surface area contributed by atoms with Crippen molar-refractivity contribution >= 4 is 22.4 Å². The van der Waals surface area contributed by atoms with Gasteiger partial charge in [-0.1, -0.05) is 25.0 Å². The van der Waals surface area contributed by atoms with Gasteiger partial charge in [0, 0.05) is 43.6 Å². The number of aromatic nitrogens is 7. The number of fused-ring (bicyclic) bond motifs is 3. The molecule has 3 aliphatic rings. The van der Waals surface area contributed by atoms with Gasteiger partial charge < -0.3 is 15.2 Å². The monoisotopic (exact) mass is 689 g/mol. The summed E-state index contributed by atoms with van der Waals surface area (Å²) in [7, 11) is 0. The Morgan fingerprint density at radius 3 is 2.43 bits per heavy atom. The SMILES string of the molecule is Cc1ccnc(N[C@H]2CCCC[C@@H]2n2cc3c(=O)n(-c4nccc(C)c4F)nc-3c3c(NCc4ccc(-n5cccn5)cc4)c(F)ccc32)c1F. The first kappa shape index (κ1) is 32.2. The van der Waals surface area contributed by atoms with E-state index in [2.05, 4.69) is 30.8 Å². The van der Waals surface area contributed by atoms with Crippen molar-refractivity contribution in [2.75, 3.05) is 10.6 Å². The molecule has 0 amide bonds. The van der Waals surface area contributed by atoms with Crippen LogP contribution in [0.25, 0.3) is 33.7 Å². The Balaban J connectivity index is 1.28. The van der Waals surface area contributed by atoms with Crippen LogP contribution in [0.4, 0.5) is 24.7 Å². The van der Waals surface area contributed by atoms with E-state index in [9.17, 15) is 4.79 Å². The molecule has 5 heterocycles. The lowest BCUT2D eigenvalue weighted by molar-refractivity contribution is 0.327. The molecular formula is C38H34F3N9O. The smallest absolute Gasteiger partial charge is 0.284 e. The number of aryl methyl sites for hydroxylation is 2. The van der Waals surface area contributed by atoms with Gasteiger partial charge in [0.05, 0.1) is 33.9 Å². The zero-order chi connectivity index (χ0) is 35.2. The van der Waals surface area contributed by atoms with Gasteiger partial charge in [0.25, 0.3) is 5.56 Å². The maximum atomic E-state index is 16.0.